The molecule has 2 N–H and O–H groups in total. The Kier molecular flexibility index (Phi) is 5.07. The Hall–Kier alpha value is -1.24. The van der Waals surface area contributed by atoms with Crippen LogP contribution in [0.25, 0.3) is 0 Å². The van der Waals surface area contributed by atoms with E-state index in [0.29, 0.717) is 6.54 Å². The van der Waals surface area contributed by atoms with Crippen molar-refractivity contribution in [2.24, 2.45) is 0 Å². The summed E-state index contributed by atoms with van der Waals surface area (Å²) in [6.07, 6.45) is 0.0640. The molecule has 2 aromatic heterocycles. The Labute approximate surface area is 123 Å². The zero-order chi connectivity index (χ0) is 13.7. The van der Waals surface area contributed by atoms with E-state index in [-0.39, 0.29) is 12.5 Å². The van der Waals surface area contributed by atoms with Gasteiger partial charge in [0.2, 0.25) is 0 Å². The molecule has 2 rings (SSSR count). The zero-order valence-corrected chi connectivity index (χ0v) is 12.4. The van der Waals surface area contributed by atoms with Crippen molar-refractivity contribution >= 4 is 33.2 Å². The van der Waals surface area contributed by atoms with Crippen LogP contribution in [-0.2, 0) is 11.3 Å². The lowest BCUT2D eigenvalue weighted by Crippen LogP contribution is -2.23. The first-order valence-electron chi connectivity index (χ1n) is 5.75. The Bertz CT molecular complexity index is 545. The zero-order valence-electron chi connectivity index (χ0n) is 10.0. The van der Waals surface area contributed by atoms with Gasteiger partial charge in [-0.1, -0.05) is 12.1 Å². The lowest BCUT2D eigenvalue weighted by Gasteiger charge is -2.15. The maximum atomic E-state index is 10.9. The normalized spacial score (nSPS) is 12.3. The van der Waals surface area contributed by atoms with Gasteiger partial charge in [-0.3, -0.25) is 4.79 Å². The topological polar surface area (TPSA) is 62.2 Å². The van der Waals surface area contributed by atoms with Crippen LogP contribution < -0.4 is 5.32 Å². The third-order valence-corrected chi connectivity index (χ3v) is 4.00. The van der Waals surface area contributed by atoms with Gasteiger partial charge in [0.25, 0.3) is 0 Å². The number of aliphatic carboxylic acids is 1. The van der Waals surface area contributed by atoms with Crippen molar-refractivity contribution < 1.29 is 9.90 Å². The minimum Gasteiger partial charge on any atom is -0.481 e. The highest BCUT2D eigenvalue weighted by molar-refractivity contribution is 9.10. The van der Waals surface area contributed by atoms with Crippen molar-refractivity contribution in [2.75, 3.05) is 0 Å². The quantitative estimate of drug-likeness (QED) is 0.792. The van der Waals surface area contributed by atoms with Crippen LogP contribution in [0.2, 0.25) is 0 Å². The Morgan fingerprint density at radius 1 is 1.42 bits per heavy atom. The van der Waals surface area contributed by atoms with Gasteiger partial charge in [-0.2, -0.15) is 0 Å². The average Bonchev–Trinajstić information content (AvgIpc) is 2.88. The van der Waals surface area contributed by atoms with Gasteiger partial charge < -0.3 is 10.4 Å². The Morgan fingerprint density at radius 2 is 2.26 bits per heavy atom. The molecule has 0 aliphatic heterocycles. The second-order valence-corrected chi connectivity index (χ2v) is 5.79. The Morgan fingerprint density at radius 3 is 2.89 bits per heavy atom. The van der Waals surface area contributed by atoms with Gasteiger partial charge in [0.1, 0.15) is 4.60 Å². The summed E-state index contributed by atoms with van der Waals surface area (Å²) in [6, 6.07) is 9.36. The Balaban J connectivity index is 2.02. The molecule has 0 aliphatic carbocycles. The molecule has 0 aliphatic rings. The minimum absolute atomic E-state index is 0.0640. The van der Waals surface area contributed by atoms with E-state index in [1.807, 2.05) is 35.7 Å². The number of nitrogens with one attached hydrogen (secondary N) is 1. The molecule has 1 atom stereocenters. The highest BCUT2D eigenvalue weighted by atomic mass is 79.9. The van der Waals surface area contributed by atoms with Crippen LogP contribution in [0.1, 0.15) is 23.0 Å². The fourth-order valence-corrected chi connectivity index (χ4v) is 2.90. The molecule has 0 bridgehead atoms. The van der Waals surface area contributed by atoms with E-state index in [1.54, 1.807) is 11.3 Å². The number of carboxylic acids is 1. The summed E-state index contributed by atoms with van der Waals surface area (Å²) in [5, 5.41) is 14.2. The summed E-state index contributed by atoms with van der Waals surface area (Å²) in [7, 11) is 0. The summed E-state index contributed by atoms with van der Waals surface area (Å²) in [6.45, 7) is 0.537. The molecule has 0 aromatic carbocycles. The molecule has 100 valence electrons. The van der Waals surface area contributed by atoms with Crippen LogP contribution >= 0.6 is 27.3 Å². The summed E-state index contributed by atoms with van der Waals surface area (Å²) >= 11 is 4.87. The molecule has 4 nitrogen and oxygen atoms in total. The first-order valence-corrected chi connectivity index (χ1v) is 7.42. The summed E-state index contributed by atoms with van der Waals surface area (Å²) < 4.78 is 0.776. The van der Waals surface area contributed by atoms with Crippen molar-refractivity contribution in [1.82, 2.24) is 10.3 Å². The number of carboxylic acid groups (broad SMARTS) is 1. The molecule has 0 fully saturated rings. The lowest BCUT2D eigenvalue weighted by atomic mass is 10.1. The third-order valence-electron chi connectivity index (χ3n) is 2.57. The van der Waals surface area contributed by atoms with Crippen molar-refractivity contribution in [1.29, 1.82) is 0 Å². The number of hydrogen-bond acceptors (Lipinski definition) is 4. The van der Waals surface area contributed by atoms with Crippen LogP contribution in [0.3, 0.4) is 0 Å². The number of carbonyl (C=O) groups is 1. The fraction of sp³-hybridized carbons (Fsp3) is 0.231. The van der Waals surface area contributed by atoms with Crippen molar-refractivity contribution in [3.8, 4) is 0 Å². The number of halogens is 1. The van der Waals surface area contributed by atoms with E-state index >= 15 is 0 Å². The molecule has 0 spiro atoms. The first-order chi connectivity index (χ1) is 9.15. The number of pyridine rings is 1. The molecule has 1 unspecified atom stereocenters. The van der Waals surface area contributed by atoms with Crippen molar-refractivity contribution in [3.05, 3.63) is 50.9 Å². The van der Waals surface area contributed by atoms with Crippen molar-refractivity contribution in [2.45, 2.75) is 19.0 Å². The predicted octanol–water partition coefficient (Wildman–Crippen LogP) is 3.21. The average molecular weight is 341 g/mol. The monoisotopic (exact) mass is 340 g/mol. The lowest BCUT2D eigenvalue weighted by molar-refractivity contribution is -0.137. The molecule has 19 heavy (non-hydrogen) atoms. The molecule has 2 heterocycles. The SMILES string of the molecule is O=C(O)CC(NCc1cccc(Br)n1)c1cccs1. The van der Waals surface area contributed by atoms with Gasteiger partial charge in [-0.05, 0) is 39.5 Å². The summed E-state index contributed by atoms with van der Waals surface area (Å²) in [4.78, 5) is 16.3. The molecular weight excluding hydrogens is 328 g/mol. The van der Waals surface area contributed by atoms with E-state index in [2.05, 4.69) is 26.2 Å². The van der Waals surface area contributed by atoms with Gasteiger partial charge in [0.05, 0.1) is 18.2 Å². The second-order valence-electron chi connectivity index (χ2n) is 4.00. The van der Waals surface area contributed by atoms with Gasteiger partial charge in [-0.15, -0.1) is 11.3 Å². The van der Waals surface area contributed by atoms with Crippen LogP contribution in [0, 0.1) is 0 Å². The number of hydrogen-bond donors (Lipinski definition) is 2. The molecule has 6 heteroatoms. The third kappa shape index (κ3) is 4.41. The van der Waals surface area contributed by atoms with Crippen LogP contribution in [0.15, 0.2) is 40.3 Å². The van der Waals surface area contributed by atoms with E-state index in [1.165, 1.54) is 0 Å². The predicted molar refractivity (Wildman–Crippen MR) is 78.1 cm³/mol. The molecular formula is C13H13BrN2O2S. The number of rotatable bonds is 6. The van der Waals surface area contributed by atoms with Crippen LogP contribution in [0.5, 0.6) is 0 Å². The smallest absolute Gasteiger partial charge is 0.305 e. The number of nitrogens with zero attached hydrogens (tertiary/aromatic N) is 1. The number of aromatic nitrogens is 1. The molecule has 0 saturated heterocycles. The number of thiophene rings is 1. The van der Waals surface area contributed by atoms with Gasteiger partial charge in [-0.25, -0.2) is 4.98 Å². The second kappa shape index (κ2) is 6.79. The van der Waals surface area contributed by atoms with Gasteiger partial charge in [0, 0.05) is 11.4 Å². The van der Waals surface area contributed by atoms with E-state index in [9.17, 15) is 4.79 Å². The highest BCUT2D eigenvalue weighted by Crippen LogP contribution is 2.22. The minimum atomic E-state index is -0.812. The first kappa shape index (κ1) is 14.2. The maximum Gasteiger partial charge on any atom is 0.305 e. The van der Waals surface area contributed by atoms with E-state index < -0.39 is 5.97 Å². The fourth-order valence-electron chi connectivity index (χ4n) is 1.71. The maximum absolute atomic E-state index is 10.9. The molecule has 0 amide bonds. The molecule has 0 saturated carbocycles. The highest BCUT2D eigenvalue weighted by Gasteiger charge is 2.16. The standard InChI is InChI=1S/C13H13BrN2O2S/c14-12-5-1-3-9(16-12)8-15-10(7-13(17)18)11-4-2-6-19-11/h1-6,10,15H,7-8H2,(H,17,18). The van der Waals surface area contributed by atoms with Gasteiger partial charge in [0.15, 0.2) is 0 Å². The van der Waals surface area contributed by atoms with Gasteiger partial charge >= 0.3 is 5.97 Å². The van der Waals surface area contributed by atoms with Crippen LogP contribution in [-0.4, -0.2) is 16.1 Å². The molecule has 2 aromatic rings. The van der Waals surface area contributed by atoms with Crippen molar-refractivity contribution in [3.63, 3.8) is 0 Å². The largest absolute Gasteiger partial charge is 0.481 e. The summed E-state index contributed by atoms with van der Waals surface area (Å²) in [5.41, 5.74) is 0.876. The van der Waals surface area contributed by atoms with E-state index in [0.717, 1.165) is 15.2 Å². The summed E-state index contributed by atoms with van der Waals surface area (Å²) in [5.74, 6) is -0.812. The molecule has 0 radical (unpaired) electrons. The van der Waals surface area contributed by atoms with Crippen LogP contribution in [0.4, 0.5) is 0 Å². The van der Waals surface area contributed by atoms with E-state index in [4.69, 9.17) is 5.11 Å².